The summed E-state index contributed by atoms with van der Waals surface area (Å²) in [6.07, 6.45) is 9.23. The van der Waals surface area contributed by atoms with Gasteiger partial charge in [-0.1, -0.05) is 85.7 Å². The molecule has 0 saturated heterocycles. The number of cyclic esters (lactones) is 1. The van der Waals surface area contributed by atoms with E-state index in [1.54, 1.807) is 0 Å². The molecule has 1 aliphatic carbocycles. The molecule has 0 radical (unpaired) electrons. The number of rotatable bonds is 8. The third-order valence-corrected chi connectivity index (χ3v) is 7.83. The van der Waals surface area contributed by atoms with Crippen LogP contribution in [0.5, 0.6) is 0 Å². The van der Waals surface area contributed by atoms with E-state index in [-0.39, 0.29) is 43.3 Å². The van der Waals surface area contributed by atoms with Crippen molar-refractivity contribution in [3.05, 3.63) is 83.9 Å². The van der Waals surface area contributed by atoms with E-state index in [2.05, 4.69) is 10.6 Å². The van der Waals surface area contributed by atoms with Gasteiger partial charge in [-0.3, -0.25) is 14.4 Å². The SMILES string of the molecule is O=C(C[C@H]1CC=CC[C@H](Cc2ccccc2)C(=O)OC[C@@H](Cc2ccccc2)NC1=O)NC1(CO)CCCC1. The minimum absolute atomic E-state index is 0.0310. The van der Waals surface area contributed by atoms with Crippen LogP contribution in [-0.2, 0) is 32.0 Å². The Kier molecular flexibility index (Phi) is 10.3. The fourth-order valence-corrected chi connectivity index (χ4v) is 5.58. The molecule has 4 rings (SSSR count). The highest BCUT2D eigenvalue weighted by Crippen LogP contribution is 2.29. The van der Waals surface area contributed by atoms with Gasteiger partial charge < -0.3 is 20.5 Å². The standard InChI is InChI=1S/C32H40N2O5/c35-23-32(17-9-10-18-32)34-29(36)21-26-15-7-8-16-27(19-24-11-3-1-4-12-24)31(38)39-22-28(33-30(26)37)20-25-13-5-2-6-14-25/h1-8,11-14,26-28,35H,9-10,15-23H2,(H,33,37)(H,34,36)/t26-,27-,28-/m1/s1. The van der Waals surface area contributed by atoms with Gasteiger partial charge in [-0.15, -0.1) is 0 Å². The van der Waals surface area contributed by atoms with Crippen LogP contribution < -0.4 is 10.6 Å². The lowest BCUT2D eigenvalue weighted by atomic mass is 9.93. The van der Waals surface area contributed by atoms with Gasteiger partial charge in [-0.25, -0.2) is 0 Å². The Morgan fingerprint density at radius 3 is 2.10 bits per heavy atom. The van der Waals surface area contributed by atoms with Crippen molar-refractivity contribution in [3.8, 4) is 0 Å². The van der Waals surface area contributed by atoms with Crippen molar-refractivity contribution >= 4 is 17.8 Å². The molecule has 208 valence electrons. The average molecular weight is 533 g/mol. The van der Waals surface area contributed by atoms with Gasteiger partial charge in [0.25, 0.3) is 0 Å². The first-order chi connectivity index (χ1) is 19.0. The summed E-state index contributed by atoms with van der Waals surface area (Å²) < 4.78 is 5.77. The average Bonchev–Trinajstić information content (AvgIpc) is 3.41. The summed E-state index contributed by atoms with van der Waals surface area (Å²) in [6, 6.07) is 19.2. The minimum atomic E-state index is -0.580. The summed E-state index contributed by atoms with van der Waals surface area (Å²) in [5.74, 6) is -1.65. The molecule has 1 heterocycles. The molecule has 0 spiro atoms. The molecule has 2 aliphatic rings. The molecule has 1 fully saturated rings. The monoisotopic (exact) mass is 532 g/mol. The molecule has 3 N–H and O–H groups in total. The maximum Gasteiger partial charge on any atom is 0.309 e. The predicted molar refractivity (Wildman–Crippen MR) is 150 cm³/mol. The molecule has 7 heteroatoms. The molecule has 2 aromatic carbocycles. The van der Waals surface area contributed by atoms with Crippen LogP contribution in [-0.4, -0.2) is 47.7 Å². The Balaban J connectivity index is 1.50. The second-order valence-electron chi connectivity index (χ2n) is 10.9. The highest BCUT2D eigenvalue weighted by atomic mass is 16.5. The first-order valence-electron chi connectivity index (χ1n) is 14.1. The number of aliphatic hydroxyl groups is 1. The predicted octanol–water partition coefficient (Wildman–Crippen LogP) is 3.89. The summed E-state index contributed by atoms with van der Waals surface area (Å²) in [5, 5.41) is 16.0. The zero-order chi connectivity index (χ0) is 27.5. The van der Waals surface area contributed by atoms with E-state index in [1.165, 1.54) is 0 Å². The Morgan fingerprint density at radius 1 is 0.897 bits per heavy atom. The number of ether oxygens (including phenoxy) is 1. The van der Waals surface area contributed by atoms with Gasteiger partial charge in [-0.05, 0) is 49.7 Å². The third kappa shape index (κ3) is 8.52. The molecule has 0 aromatic heterocycles. The molecule has 1 aliphatic heterocycles. The second kappa shape index (κ2) is 14.1. The van der Waals surface area contributed by atoms with Crippen LogP contribution in [0.3, 0.4) is 0 Å². The molecule has 7 nitrogen and oxygen atoms in total. The first-order valence-corrected chi connectivity index (χ1v) is 14.1. The number of benzene rings is 2. The van der Waals surface area contributed by atoms with E-state index in [0.717, 1.165) is 36.8 Å². The first kappa shape index (κ1) is 28.6. The van der Waals surface area contributed by atoms with Gasteiger partial charge >= 0.3 is 5.97 Å². The molecule has 2 amide bonds. The van der Waals surface area contributed by atoms with Crippen molar-refractivity contribution in [1.82, 2.24) is 10.6 Å². The molecule has 0 bridgehead atoms. The molecule has 1 saturated carbocycles. The van der Waals surface area contributed by atoms with E-state index in [4.69, 9.17) is 4.74 Å². The normalized spacial score (nSPS) is 23.7. The van der Waals surface area contributed by atoms with E-state index in [1.807, 2.05) is 72.8 Å². The molecular formula is C32H40N2O5. The summed E-state index contributed by atoms with van der Waals surface area (Å²) in [4.78, 5) is 39.6. The second-order valence-corrected chi connectivity index (χ2v) is 10.9. The number of nitrogens with one attached hydrogen (secondary N) is 2. The van der Waals surface area contributed by atoms with Crippen LogP contribution in [0.4, 0.5) is 0 Å². The van der Waals surface area contributed by atoms with Crippen LogP contribution in [0.25, 0.3) is 0 Å². The number of carbonyl (C=O) groups is 3. The molecule has 39 heavy (non-hydrogen) atoms. The van der Waals surface area contributed by atoms with Crippen LogP contribution in [0.15, 0.2) is 72.8 Å². The number of esters is 1. The summed E-state index contributed by atoms with van der Waals surface area (Å²) >= 11 is 0. The smallest absolute Gasteiger partial charge is 0.309 e. The molecule has 0 unspecified atom stereocenters. The number of hydrogen-bond acceptors (Lipinski definition) is 5. The lowest BCUT2D eigenvalue weighted by Gasteiger charge is -2.29. The van der Waals surface area contributed by atoms with Crippen LogP contribution >= 0.6 is 0 Å². The van der Waals surface area contributed by atoms with E-state index in [0.29, 0.717) is 25.7 Å². The zero-order valence-electron chi connectivity index (χ0n) is 22.5. The van der Waals surface area contributed by atoms with Crippen molar-refractivity contribution in [2.45, 2.75) is 69.4 Å². The van der Waals surface area contributed by atoms with E-state index < -0.39 is 17.5 Å². The lowest BCUT2D eigenvalue weighted by Crippen LogP contribution is -2.50. The van der Waals surface area contributed by atoms with E-state index >= 15 is 0 Å². The largest absolute Gasteiger partial charge is 0.463 e. The summed E-state index contributed by atoms with van der Waals surface area (Å²) in [5.41, 5.74) is 1.50. The Labute approximate surface area is 231 Å². The van der Waals surface area contributed by atoms with Gasteiger partial charge in [0.2, 0.25) is 11.8 Å². The van der Waals surface area contributed by atoms with Gasteiger partial charge in [0.1, 0.15) is 6.61 Å². The molecule has 2 aromatic rings. The lowest BCUT2D eigenvalue weighted by molar-refractivity contribution is -0.150. The highest BCUT2D eigenvalue weighted by molar-refractivity contribution is 5.86. The van der Waals surface area contributed by atoms with Gasteiger partial charge in [0.05, 0.1) is 30.0 Å². The number of carbonyl (C=O) groups excluding carboxylic acids is 3. The van der Waals surface area contributed by atoms with E-state index in [9.17, 15) is 19.5 Å². The number of allylic oxidation sites excluding steroid dienone is 2. The quantitative estimate of drug-likeness (QED) is 0.353. The maximum absolute atomic E-state index is 13.4. The Morgan fingerprint density at radius 2 is 1.49 bits per heavy atom. The fraction of sp³-hybridized carbons (Fsp3) is 0.469. The number of amides is 2. The van der Waals surface area contributed by atoms with Crippen molar-refractivity contribution in [3.63, 3.8) is 0 Å². The minimum Gasteiger partial charge on any atom is -0.463 e. The fourth-order valence-electron chi connectivity index (χ4n) is 5.58. The van der Waals surface area contributed by atoms with Crippen molar-refractivity contribution in [1.29, 1.82) is 0 Å². The van der Waals surface area contributed by atoms with Gasteiger partial charge in [-0.2, -0.15) is 0 Å². The van der Waals surface area contributed by atoms with Gasteiger partial charge in [0.15, 0.2) is 0 Å². The van der Waals surface area contributed by atoms with Crippen molar-refractivity contribution in [2.24, 2.45) is 11.8 Å². The summed E-state index contributed by atoms with van der Waals surface area (Å²) in [7, 11) is 0. The number of hydrogen-bond donors (Lipinski definition) is 3. The summed E-state index contributed by atoms with van der Waals surface area (Å²) in [6.45, 7) is -0.0379. The van der Waals surface area contributed by atoms with Crippen LogP contribution in [0.1, 0.15) is 56.1 Å². The van der Waals surface area contributed by atoms with Crippen LogP contribution in [0.2, 0.25) is 0 Å². The van der Waals surface area contributed by atoms with Crippen molar-refractivity contribution in [2.75, 3.05) is 13.2 Å². The van der Waals surface area contributed by atoms with Crippen LogP contribution in [0, 0.1) is 11.8 Å². The third-order valence-electron chi connectivity index (χ3n) is 7.83. The molecule has 3 atom stereocenters. The number of aliphatic hydroxyl groups excluding tert-OH is 1. The van der Waals surface area contributed by atoms with Gasteiger partial charge in [0, 0.05) is 6.42 Å². The Hall–Kier alpha value is -3.45. The highest BCUT2D eigenvalue weighted by Gasteiger charge is 2.35. The topological polar surface area (TPSA) is 105 Å². The maximum atomic E-state index is 13.4. The zero-order valence-corrected chi connectivity index (χ0v) is 22.5. The van der Waals surface area contributed by atoms with Crippen molar-refractivity contribution < 1.29 is 24.2 Å². The Bertz CT molecular complexity index is 1110. The molecular weight excluding hydrogens is 492 g/mol.